The van der Waals surface area contributed by atoms with Crippen LogP contribution in [0.1, 0.15) is 11.1 Å². The van der Waals surface area contributed by atoms with Crippen LogP contribution in [-0.2, 0) is 9.84 Å². The third kappa shape index (κ3) is 4.18. The van der Waals surface area contributed by atoms with Crippen LogP contribution >= 0.6 is 12.2 Å². The molecular formula is C16H14N2O2S2. The second-order valence-electron chi connectivity index (χ2n) is 4.61. The van der Waals surface area contributed by atoms with Crippen molar-refractivity contribution in [1.29, 1.82) is 0 Å². The molecule has 0 heterocycles. The van der Waals surface area contributed by atoms with Crippen LogP contribution in [0.25, 0.3) is 0 Å². The van der Waals surface area contributed by atoms with Crippen LogP contribution in [0, 0.1) is 6.92 Å². The summed E-state index contributed by atoms with van der Waals surface area (Å²) in [4.78, 5) is 8.18. The van der Waals surface area contributed by atoms with Gasteiger partial charge in [-0.3, -0.25) is 0 Å². The van der Waals surface area contributed by atoms with Gasteiger partial charge < -0.3 is 0 Å². The molecule has 0 aliphatic rings. The molecule has 0 atom stereocenters. The fraction of sp³-hybridized carbons (Fsp3) is 0.125. The topological polar surface area (TPSA) is 58.9 Å². The van der Waals surface area contributed by atoms with E-state index in [0.717, 1.165) is 5.56 Å². The van der Waals surface area contributed by atoms with E-state index in [1.54, 1.807) is 36.4 Å². The molecule has 0 saturated heterocycles. The molecule has 6 heteroatoms. The SMILES string of the molecule is Cc1ccc(S(=O)(=O)C/N=C(\N=C=S)c2ccccc2)cc1. The van der Waals surface area contributed by atoms with Crippen molar-refractivity contribution in [3.8, 4) is 0 Å². The van der Waals surface area contributed by atoms with E-state index in [2.05, 4.69) is 27.4 Å². The van der Waals surface area contributed by atoms with Gasteiger partial charge in [0, 0.05) is 5.56 Å². The van der Waals surface area contributed by atoms with E-state index in [9.17, 15) is 8.42 Å². The lowest BCUT2D eigenvalue weighted by molar-refractivity contribution is 0.596. The fourth-order valence-electron chi connectivity index (χ4n) is 1.79. The van der Waals surface area contributed by atoms with E-state index in [1.807, 2.05) is 25.1 Å². The van der Waals surface area contributed by atoms with Crippen molar-refractivity contribution in [2.75, 3.05) is 5.88 Å². The lowest BCUT2D eigenvalue weighted by Gasteiger charge is -2.03. The Morgan fingerprint density at radius 3 is 2.32 bits per heavy atom. The molecule has 0 N–H and O–H groups in total. The quantitative estimate of drug-likeness (QED) is 0.491. The molecule has 0 radical (unpaired) electrons. The number of hydrogen-bond donors (Lipinski definition) is 0. The molecule has 0 saturated carbocycles. The summed E-state index contributed by atoms with van der Waals surface area (Å²) in [5, 5.41) is 2.23. The van der Waals surface area contributed by atoms with E-state index >= 15 is 0 Å². The second-order valence-corrected chi connectivity index (χ2v) is 6.75. The molecular weight excluding hydrogens is 316 g/mol. The first-order valence-electron chi connectivity index (χ1n) is 6.50. The Hall–Kier alpha value is -2.14. The summed E-state index contributed by atoms with van der Waals surface area (Å²) in [6.45, 7) is 1.90. The number of aliphatic imine (C=N–C) groups is 2. The Bertz CT molecular complexity index is 820. The number of rotatable bonds is 4. The van der Waals surface area contributed by atoms with Crippen molar-refractivity contribution in [3.63, 3.8) is 0 Å². The minimum atomic E-state index is -3.51. The normalized spacial score (nSPS) is 11.8. The number of nitrogens with zero attached hydrogens (tertiary/aromatic N) is 2. The van der Waals surface area contributed by atoms with E-state index in [4.69, 9.17) is 0 Å². The van der Waals surface area contributed by atoms with Crippen molar-refractivity contribution in [2.45, 2.75) is 11.8 Å². The average Bonchev–Trinajstić information content (AvgIpc) is 2.53. The molecule has 0 aromatic heterocycles. The molecule has 0 aliphatic heterocycles. The van der Waals surface area contributed by atoms with Crippen molar-refractivity contribution >= 4 is 33.1 Å². The van der Waals surface area contributed by atoms with E-state index in [-0.39, 0.29) is 16.6 Å². The van der Waals surface area contributed by atoms with Gasteiger partial charge in [0.15, 0.2) is 15.7 Å². The zero-order valence-electron chi connectivity index (χ0n) is 11.9. The predicted octanol–water partition coefficient (Wildman–Crippen LogP) is 3.28. The molecule has 2 aromatic carbocycles. The van der Waals surface area contributed by atoms with Gasteiger partial charge in [-0.2, -0.15) is 4.99 Å². The summed E-state index contributed by atoms with van der Waals surface area (Å²) in [5.74, 6) is -0.132. The molecule has 22 heavy (non-hydrogen) atoms. The van der Waals surface area contributed by atoms with Gasteiger partial charge >= 0.3 is 0 Å². The fourth-order valence-corrected chi connectivity index (χ4v) is 2.87. The highest BCUT2D eigenvalue weighted by molar-refractivity contribution is 7.91. The first-order valence-corrected chi connectivity index (χ1v) is 8.56. The van der Waals surface area contributed by atoms with Crippen LogP contribution in [0.2, 0.25) is 0 Å². The molecule has 0 unspecified atom stereocenters. The first kappa shape index (κ1) is 16.2. The Kier molecular flexibility index (Phi) is 5.33. The maximum Gasteiger partial charge on any atom is 0.198 e. The zero-order chi connectivity index (χ0) is 16.0. The third-order valence-electron chi connectivity index (χ3n) is 2.95. The van der Waals surface area contributed by atoms with Crippen molar-refractivity contribution in [1.82, 2.24) is 0 Å². The highest BCUT2D eigenvalue weighted by atomic mass is 32.2. The number of aryl methyl sites for hydroxylation is 1. The number of sulfone groups is 1. The van der Waals surface area contributed by atoms with Gasteiger partial charge in [0.2, 0.25) is 0 Å². The van der Waals surface area contributed by atoms with Gasteiger partial charge in [-0.25, -0.2) is 13.4 Å². The maximum absolute atomic E-state index is 12.3. The van der Waals surface area contributed by atoms with Gasteiger partial charge in [0.05, 0.1) is 10.1 Å². The Labute approximate surface area is 135 Å². The van der Waals surface area contributed by atoms with Crippen LogP contribution in [0.3, 0.4) is 0 Å². The molecule has 4 nitrogen and oxygen atoms in total. The zero-order valence-corrected chi connectivity index (χ0v) is 13.6. The summed E-state index contributed by atoms with van der Waals surface area (Å²) >= 11 is 4.60. The molecule has 0 bridgehead atoms. The minimum Gasteiger partial charge on any atom is -0.249 e. The van der Waals surface area contributed by atoms with Crippen LogP contribution in [-0.4, -0.2) is 25.3 Å². The molecule has 2 rings (SSSR count). The highest BCUT2D eigenvalue weighted by Gasteiger charge is 2.14. The molecule has 0 spiro atoms. The Morgan fingerprint density at radius 1 is 1.09 bits per heavy atom. The number of hydrogen-bond acceptors (Lipinski definition) is 4. The van der Waals surface area contributed by atoms with E-state index < -0.39 is 9.84 Å². The summed E-state index contributed by atoms with van der Waals surface area (Å²) in [6.07, 6.45) is 0. The van der Waals surface area contributed by atoms with Crippen LogP contribution in [0.4, 0.5) is 0 Å². The van der Waals surface area contributed by atoms with Crippen LogP contribution in [0.15, 0.2) is 69.5 Å². The molecule has 2 aromatic rings. The molecule has 112 valence electrons. The van der Waals surface area contributed by atoms with Crippen molar-refractivity contribution in [3.05, 3.63) is 65.7 Å². The van der Waals surface area contributed by atoms with Crippen LogP contribution in [0.5, 0.6) is 0 Å². The number of thiocarbonyl (C=S) groups is 1. The summed E-state index contributed by atoms with van der Waals surface area (Å²) in [6, 6.07) is 15.7. The summed E-state index contributed by atoms with van der Waals surface area (Å²) in [5.41, 5.74) is 1.69. The van der Waals surface area contributed by atoms with Gasteiger partial charge in [-0.1, -0.05) is 48.0 Å². The second kappa shape index (κ2) is 7.22. The average molecular weight is 330 g/mol. The van der Waals surface area contributed by atoms with Crippen LogP contribution < -0.4 is 0 Å². The Morgan fingerprint density at radius 2 is 1.73 bits per heavy atom. The largest absolute Gasteiger partial charge is 0.249 e. The number of amidine groups is 1. The minimum absolute atomic E-state index is 0.237. The molecule has 0 amide bonds. The van der Waals surface area contributed by atoms with E-state index in [1.165, 1.54) is 0 Å². The maximum atomic E-state index is 12.3. The lowest BCUT2D eigenvalue weighted by Crippen LogP contribution is -2.08. The standard InChI is InChI=1S/C16H14N2O2S2/c1-13-7-9-15(10-8-13)22(19,20)12-18-16(17-11-21)14-5-3-2-4-6-14/h2-10H,12H2,1H3/b18-16-. The van der Waals surface area contributed by atoms with Crippen molar-refractivity contribution in [2.24, 2.45) is 9.98 Å². The number of isothiocyanates is 1. The first-order chi connectivity index (χ1) is 10.5. The van der Waals surface area contributed by atoms with Gasteiger partial charge in [0.1, 0.15) is 5.88 Å². The lowest BCUT2D eigenvalue weighted by atomic mass is 10.2. The van der Waals surface area contributed by atoms with Crippen molar-refractivity contribution < 1.29 is 8.42 Å². The van der Waals surface area contributed by atoms with E-state index in [0.29, 0.717) is 5.56 Å². The van der Waals surface area contributed by atoms with Gasteiger partial charge in [0.25, 0.3) is 0 Å². The molecule has 0 aliphatic carbocycles. The third-order valence-corrected chi connectivity index (χ3v) is 4.50. The summed E-state index contributed by atoms with van der Waals surface area (Å²) in [7, 11) is -3.51. The smallest absolute Gasteiger partial charge is 0.198 e. The summed E-state index contributed by atoms with van der Waals surface area (Å²) < 4.78 is 24.6. The number of benzene rings is 2. The van der Waals surface area contributed by atoms with Gasteiger partial charge in [-0.05, 0) is 31.3 Å². The highest BCUT2D eigenvalue weighted by Crippen LogP contribution is 2.13. The monoisotopic (exact) mass is 330 g/mol. The predicted molar refractivity (Wildman–Crippen MR) is 91.2 cm³/mol. The van der Waals surface area contributed by atoms with Gasteiger partial charge in [-0.15, -0.1) is 0 Å². The Balaban J connectivity index is 2.31. The molecule has 0 fully saturated rings.